The monoisotopic (exact) mass is 185 g/mol. The Hall–Kier alpha value is -0.0800. The van der Waals surface area contributed by atoms with Crippen LogP contribution in [0.4, 0.5) is 0 Å². The average Bonchev–Trinajstić information content (AvgIpc) is 2.49. The molecule has 2 atom stereocenters. The second-order valence-corrected chi connectivity index (χ2v) is 4.16. The summed E-state index contributed by atoms with van der Waals surface area (Å²) in [7, 11) is 0. The van der Waals surface area contributed by atoms with Gasteiger partial charge in [-0.25, -0.2) is 0 Å². The van der Waals surface area contributed by atoms with E-state index in [2.05, 4.69) is 19.2 Å². The summed E-state index contributed by atoms with van der Waals surface area (Å²) in [4.78, 5) is 0. The maximum atomic E-state index is 9.09. The molecule has 0 saturated heterocycles. The number of nitrogens with one attached hydrogen (secondary N) is 1. The molecule has 1 aliphatic rings. The fourth-order valence-electron chi connectivity index (χ4n) is 2.94. The fraction of sp³-hybridized carbons (Fsp3) is 1.00. The Morgan fingerprint density at radius 1 is 1.46 bits per heavy atom. The first-order valence-electron chi connectivity index (χ1n) is 5.65. The average molecular weight is 185 g/mol. The van der Waals surface area contributed by atoms with Gasteiger partial charge in [-0.15, -0.1) is 0 Å². The van der Waals surface area contributed by atoms with Crippen LogP contribution in [-0.2, 0) is 0 Å². The van der Waals surface area contributed by atoms with Gasteiger partial charge >= 0.3 is 0 Å². The highest BCUT2D eigenvalue weighted by molar-refractivity contribution is 4.98. The van der Waals surface area contributed by atoms with Crippen molar-refractivity contribution in [3.05, 3.63) is 0 Å². The highest BCUT2D eigenvalue weighted by Crippen LogP contribution is 2.39. The van der Waals surface area contributed by atoms with Crippen LogP contribution in [0.25, 0.3) is 0 Å². The third-order valence-corrected chi connectivity index (χ3v) is 3.54. The molecule has 0 aromatic rings. The minimum atomic E-state index is 0.262. The van der Waals surface area contributed by atoms with E-state index in [1.165, 1.54) is 25.7 Å². The van der Waals surface area contributed by atoms with E-state index in [4.69, 9.17) is 5.11 Å². The van der Waals surface area contributed by atoms with Crippen LogP contribution >= 0.6 is 0 Å². The van der Waals surface area contributed by atoms with Crippen LogP contribution in [-0.4, -0.2) is 23.8 Å². The zero-order valence-corrected chi connectivity index (χ0v) is 8.97. The summed E-state index contributed by atoms with van der Waals surface area (Å²) in [6.45, 7) is 5.77. The molecule has 78 valence electrons. The highest BCUT2D eigenvalue weighted by Gasteiger charge is 2.40. The third-order valence-electron chi connectivity index (χ3n) is 3.54. The van der Waals surface area contributed by atoms with Crippen LogP contribution in [0.2, 0.25) is 0 Å². The molecule has 1 rings (SSSR count). The summed E-state index contributed by atoms with van der Waals surface area (Å²) in [6, 6.07) is 0. The van der Waals surface area contributed by atoms with Gasteiger partial charge in [0.2, 0.25) is 0 Å². The van der Waals surface area contributed by atoms with Crippen LogP contribution in [0.3, 0.4) is 0 Å². The van der Waals surface area contributed by atoms with Crippen molar-refractivity contribution in [3.8, 4) is 0 Å². The summed E-state index contributed by atoms with van der Waals surface area (Å²) < 4.78 is 0. The first kappa shape index (κ1) is 11.0. The Morgan fingerprint density at radius 2 is 2.23 bits per heavy atom. The lowest BCUT2D eigenvalue weighted by Gasteiger charge is -2.36. The lowest BCUT2D eigenvalue weighted by atomic mass is 9.82. The second-order valence-electron chi connectivity index (χ2n) is 4.16. The molecule has 0 heterocycles. The minimum absolute atomic E-state index is 0.262. The van der Waals surface area contributed by atoms with Crippen molar-refractivity contribution in [1.29, 1.82) is 0 Å². The topological polar surface area (TPSA) is 32.3 Å². The van der Waals surface area contributed by atoms with Crippen molar-refractivity contribution < 1.29 is 5.11 Å². The van der Waals surface area contributed by atoms with Gasteiger partial charge in [0, 0.05) is 12.1 Å². The molecule has 0 aromatic carbocycles. The molecule has 2 nitrogen and oxygen atoms in total. The van der Waals surface area contributed by atoms with Gasteiger partial charge in [0.05, 0.1) is 0 Å². The van der Waals surface area contributed by atoms with Crippen LogP contribution in [0, 0.1) is 5.92 Å². The molecular weight excluding hydrogens is 162 g/mol. The van der Waals surface area contributed by atoms with Gasteiger partial charge in [-0.1, -0.05) is 26.7 Å². The smallest absolute Gasteiger partial charge is 0.0448 e. The number of rotatable bonds is 5. The maximum Gasteiger partial charge on any atom is 0.0448 e. The number of aliphatic hydroxyl groups is 1. The van der Waals surface area contributed by atoms with Gasteiger partial charge in [0.1, 0.15) is 0 Å². The molecule has 2 heteroatoms. The molecule has 13 heavy (non-hydrogen) atoms. The molecule has 0 aliphatic heterocycles. The molecular formula is C11H23NO. The third kappa shape index (κ3) is 2.23. The fourth-order valence-corrected chi connectivity index (χ4v) is 2.94. The Bertz CT molecular complexity index is 141. The van der Waals surface area contributed by atoms with E-state index in [0.29, 0.717) is 6.61 Å². The lowest BCUT2D eigenvalue weighted by Crippen LogP contribution is -2.48. The van der Waals surface area contributed by atoms with Gasteiger partial charge < -0.3 is 10.4 Å². The van der Waals surface area contributed by atoms with Crippen molar-refractivity contribution in [2.45, 2.75) is 51.5 Å². The first-order valence-corrected chi connectivity index (χ1v) is 5.65. The standard InChI is InChI=1S/C11H23NO/c1-3-10-6-5-7-11(10,8-9-13)12-4-2/h10,12-13H,3-9H2,1-2H3. The predicted molar refractivity (Wildman–Crippen MR) is 55.7 cm³/mol. The predicted octanol–water partition coefficient (Wildman–Crippen LogP) is 1.93. The van der Waals surface area contributed by atoms with E-state index in [-0.39, 0.29) is 5.54 Å². The summed E-state index contributed by atoms with van der Waals surface area (Å²) >= 11 is 0. The van der Waals surface area contributed by atoms with Gasteiger partial charge in [0.25, 0.3) is 0 Å². The summed E-state index contributed by atoms with van der Waals surface area (Å²) in [5.74, 6) is 0.777. The van der Waals surface area contributed by atoms with Gasteiger partial charge in [-0.2, -0.15) is 0 Å². The molecule has 1 saturated carbocycles. The normalized spacial score (nSPS) is 33.9. The Morgan fingerprint density at radius 3 is 2.77 bits per heavy atom. The van der Waals surface area contributed by atoms with E-state index in [9.17, 15) is 0 Å². The Kier molecular flexibility index (Phi) is 4.20. The molecule has 0 aromatic heterocycles. The van der Waals surface area contributed by atoms with E-state index in [1.807, 2.05) is 0 Å². The number of hydrogen-bond acceptors (Lipinski definition) is 2. The van der Waals surface area contributed by atoms with Gasteiger partial charge in [-0.05, 0) is 31.7 Å². The zero-order chi connectivity index (χ0) is 9.73. The van der Waals surface area contributed by atoms with Crippen LogP contribution in [0.15, 0.2) is 0 Å². The van der Waals surface area contributed by atoms with Crippen LogP contribution in [0.5, 0.6) is 0 Å². The summed E-state index contributed by atoms with van der Waals surface area (Å²) in [6.07, 6.45) is 6.08. The van der Waals surface area contributed by atoms with Crippen molar-refractivity contribution in [2.75, 3.05) is 13.2 Å². The highest BCUT2D eigenvalue weighted by atomic mass is 16.3. The molecule has 1 aliphatic carbocycles. The van der Waals surface area contributed by atoms with Crippen molar-refractivity contribution in [2.24, 2.45) is 5.92 Å². The summed E-state index contributed by atoms with van der Waals surface area (Å²) in [5, 5.41) is 12.7. The zero-order valence-electron chi connectivity index (χ0n) is 8.97. The SMILES string of the molecule is CCNC1(CCO)CCCC1CC. The van der Waals surface area contributed by atoms with Gasteiger partial charge in [0.15, 0.2) is 0 Å². The second kappa shape index (κ2) is 4.97. The lowest BCUT2D eigenvalue weighted by molar-refractivity contribution is 0.169. The van der Waals surface area contributed by atoms with Crippen molar-refractivity contribution in [3.63, 3.8) is 0 Å². The molecule has 0 amide bonds. The molecule has 2 N–H and O–H groups in total. The quantitative estimate of drug-likeness (QED) is 0.686. The van der Waals surface area contributed by atoms with E-state index in [0.717, 1.165) is 18.9 Å². The van der Waals surface area contributed by atoms with E-state index in [1.54, 1.807) is 0 Å². The van der Waals surface area contributed by atoms with Crippen LogP contribution < -0.4 is 5.32 Å². The molecule has 0 spiro atoms. The molecule has 2 unspecified atom stereocenters. The van der Waals surface area contributed by atoms with Crippen molar-refractivity contribution >= 4 is 0 Å². The Labute approximate surface area is 81.7 Å². The molecule has 0 radical (unpaired) electrons. The maximum absolute atomic E-state index is 9.09. The molecule has 1 fully saturated rings. The summed E-state index contributed by atoms with van der Waals surface area (Å²) in [5.41, 5.74) is 0.262. The van der Waals surface area contributed by atoms with Gasteiger partial charge in [-0.3, -0.25) is 0 Å². The number of aliphatic hydroxyl groups excluding tert-OH is 1. The first-order chi connectivity index (χ1) is 6.29. The van der Waals surface area contributed by atoms with E-state index < -0.39 is 0 Å². The van der Waals surface area contributed by atoms with E-state index >= 15 is 0 Å². The minimum Gasteiger partial charge on any atom is -0.396 e. The van der Waals surface area contributed by atoms with Crippen molar-refractivity contribution in [1.82, 2.24) is 5.32 Å². The largest absolute Gasteiger partial charge is 0.396 e. The number of hydrogen-bond donors (Lipinski definition) is 2. The Balaban J connectivity index is 2.62. The molecule has 0 bridgehead atoms. The van der Waals surface area contributed by atoms with Crippen LogP contribution in [0.1, 0.15) is 46.0 Å².